The van der Waals surface area contributed by atoms with Crippen LogP contribution in [0, 0.1) is 11.3 Å². The standard InChI is InChI=1S/C15H12BrNO2/c16-14-7-4-8-15(13(14)11-17)19-10-9-18-12-5-2-1-3-6-12/h1-8H,9-10H2. The summed E-state index contributed by atoms with van der Waals surface area (Å²) in [6.45, 7) is 0.821. The molecule has 4 heteroatoms. The summed E-state index contributed by atoms with van der Waals surface area (Å²) in [4.78, 5) is 0. The van der Waals surface area contributed by atoms with Crippen LogP contribution in [0.1, 0.15) is 5.56 Å². The largest absolute Gasteiger partial charge is 0.490 e. The summed E-state index contributed by atoms with van der Waals surface area (Å²) >= 11 is 3.32. The second kappa shape index (κ2) is 6.81. The van der Waals surface area contributed by atoms with Gasteiger partial charge in [-0.1, -0.05) is 24.3 Å². The Morgan fingerprint density at radius 2 is 1.68 bits per heavy atom. The molecule has 0 saturated carbocycles. The predicted molar refractivity (Wildman–Crippen MR) is 76.3 cm³/mol. The Morgan fingerprint density at radius 1 is 0.947 bits per heavy atom. The molecule has 0 radical (unpaired) electrons. The van der Waals surface area contributed by atoms with Gasteiger partial charge in [0.25, 0.3) is 0 Å². The molecular formula is C15H12BrNO2. The molecule has 2 aromatic rings. The van der Waals surface area contributed by atoms with Crippen LogP contribution < -0.4 is 9.47 Å². The lowest BCUT2D eigenvalue weighted by molar-refractivity contribution is 0.216. The Kier molecular flexibility index (Phi) is 4.82. The Hall–Kier alpha value is -1.99. The van der Waals surface area contributed by atoms with Gasteiger partial charge in [0.1, 0.15) is 36.3 Å². The lowest BCUT2D eigenvalue weighted by Gasteiger charge is -2.09. The average Bonchev–Trinajstić information content (AvgIpc) is 2.45. The van der Waals surface area contributed by atoms with Gasteiger partial charge in [-0.05, 0) is 40.2 Å². The van der Waals surface area contributed by atoms with Gasteiger partial charge in [0.2, 0.25) is 0 Å². The third kappa shape index (κ3) is 3.73. The molecule has 2 aromatic carbocycles. The normalized spacial score (nSPS) is 9.68. The number of rotatable bonds is 5. The molecule has 0 bridgehead atoms. The van der Waals surface area contributed by atoms with Gasteiger partial charge in [-0.25, -0.2) is 0 Å². The van der Waals surface area contributed by atoms with E-state index < -0.39 is 0 Å². The molecule has 0 fully saturated rings. The van der Waals surface area contributed by atoms with E-state index >= 15 is 0 Å². The van der Waals surface area contributed by atoms with Gasteiger partial charge < -0.3 is 9.47 Å². The lowest BCUT2D eigenvalue weighted by Crippen LogP contribution is -2.09. The fourth-order valence-corrected chi connectivity index (χ4v) is 2.00. The van der Waals surface area contributed by atoms with Gasteiger partial charge in [0, 0.05) is 4.47 Å². The fourth-order valence-electron chi connectivity index (χ4n) is 1.56. The average molecular weight is 318 g/mol. The third-order valence-electron chi connectivity index (χ3n) is 2.44. The van der Waals surface area contributed by atoms with Crippen LogP contribution in [0.4, 0.5) is 0 Å². The first kappa shape index (κ1) is 13.4. The predicted octanol–water partition coefficient (Wildman–Crippen LogP) is 3.78. The van der Waals surface area contributed by atoms with Gasteiger partial charge in [-0.3, -0.25) is 0 Å². The smallest absolute Gasteiger partial charge is 0.138 e. The van der Waals surface area contributed by atoms with Crippen LogP contribution in [0.5, 0.6) is 11.5 Å². The zero-order valence-electron chi connectivity index (χ0n) is 10.2. The van der Waals surface area contributed by atoms with Crippen molar-refractivity contribution in [1.29, 1.82) is 5.26 Å². The van der Waals surface area contributed by atoms with Crippen LogP contribution in [0.2, 0.25) is 0 Å². The van der Waals surface area contributed by atoms with Crippen molar-refractivity contribution in [3.63, 3.8) is 0 Å². The Balaban J connectivity index is 1.87. The highest BCUT2D eigenvalue weighted by atomic mass is 79.9. The number of ether oxygens (including phenoxy) is 2. The number of halogens is 1. The van der Waals surface area contributed by atoms with Crippen molar-refractivity contribution >= 4 is 15.9 Å². The van der Waals surface area contributed by atoms with E-state index in [0.29, 0.717) is 24.5 Å². The molecule has 0 aliphatic heterocycles. The molecule has 0 amide bonds. The van der Waals surface area contributed by atoms with Crippen molar-refractivity contribution in [3.05, 3.63) is 58.6 Å². The Labute approximate surface area is 120 Å². The summed E-state index contributed by atoms with van der Waals surface area (Å²) in [6.07, 6.45) is 0. The molecule has 0 atom stereocenters. The summed E-state index contributed by atoms with van der Waals surface area (Å²) in [7, 11) is 0. The minimum absolute atomic E-state index is 0.389. The van der Waals surface area contributed by atoms with Crippen molar-refractivity contribution in [1.82, 2.24) is 0 Å². The van der Waals surface area contributed by atoms with E-state index in [1.165, 1.54) is 0 Å². The van der Waals surface area contributed by atoms with E-state index in [9.17, 15) is 0 Å². The zero-order chi connectivity index (χ0) is 13.5. The molecular weight excluding hydrogens is 306 g/mol. The maximum absolute atomic E-state index is 9.04. The van der Waals surface area contributed by atoms with E-state index in [1.54, 1.807) is 6.07 Å². The number of nitrogens with zero attached hydrogens (tertiary/aromatic N) is 1. The minimum Gasteiger partial charge on any atom is -0.490 e. The number of hydrogen-bond acceptors (Lipinski definition) is 3. The van der Waals surface area contributed by atoms with Crippen molar-refractivity contribution < 1.29 is 9.47 Å². The third-order valence-corrected chi connectivity index (χ3v) is 3.10. The van der Waals surface area contributed by atoms with Gasteiger partial charge in [0.15, 0.2) is 0 Å². The molecule has 0 unspecified atom stereocenters. The molecule has 0 aromatic heterocycles. The molecule has 19 heavy (non-hydrogen) atoms. The minimum atomic E-state index is 0.389. The van der Waals surface area contributed by atoms with Crippen molar-refractivity contribution in [2.75, 3.05) is 13.2 Å². The number of para-hydroxylation sites is 1. The van der Waals surface area contributed by atoms with Crippen LogP contribution in [0.25, 0.3) is 0 Å². The van der Waals surface area contributed by atoms with E-state index in [2.05, 4.69) is 22.0 Å². The van der Waals surface area contributed by atoms with Crippen LogP contribution in [-0.4, -0.2) is 13.2 Å². The van der Waals surface area contributed by atoms with E-state index in [1.807, 2.05) is 42.5 Å². The first-order chi connectivity index (χ1) is 9.31. The lowest BCUT2D eigenvalue weighted by atomic mass is 10.2. The Bertz CT molecular complexity index is 578. The van der Waals surface area contributed by atoms with E-state index in [4.69, 9.17) is 14.7 Å². The van der Waals surface area contributed by atoms with Crippen LogP contribution in [0.3, 0.4) is 0 Å². The summed E-state index contributed by atoms with van der Waals surface area (Å²) in [5.74, 6) is 1.37. The van der Waals surface area contributed by atoms with Gasteiger partial charge in [-0.15, -0.1) is 0 Å². The van der Waals surface area contributed by atoms with Crippen molar-refractivity contribution in [2.24, 2.45) is 0 Å². The highest BCUT2D eigenvalue weighted by molar-refractivity contribution is 9.10. The molecule has 0 aliphatic carbocycles. The number of hydrogen-bond donors (Lipinski definition) is 0. The monoisotopic (exact) mass is 317 g/mol. The highest BCUT2D eigenvalue weighted by Gasteiger charge is 2.06. The fraction of sp³-hybridized carbons (Fsp3) is 0.133. The summed E-state index contributed by atoms with van der Waals surface area (Å²) in [5, 5.41) is 9.04. The van der Waals surface area contributed by atoms with Gasteiger partial charge >= 0.3 is 0 Å². The molecule has 0 heterocycles. The van der Waals surface area contributed by atoms with Gasteiger partial charge in [-0.2, -0.15) is 5.26 Å². The highest BCUT2D eigenvalue weighted by Crippen LogP contribution is 2.25. The molecule has 96 valence electrons. The maximum atomic E-state index is 9.04. The number of nitriles is 1. The second-order valence-corrected chi connectivity index (χ2v) is 4.59. The van der Waals surface area contributed by atoms with Crippen LogP contribution in [-0.2, 0) is 0 Å². The second-order valence-electron chi connectivity index (χ2n) is 3.73. The van der Waals surface area contributed by atoms with Gasteiger partial charge in [0.05, 0.1) is 0 Å². The summed E-state index contributed by atoms with van der Waals surface area (Å²) in [6, 6.07) is 17.1. The first-order valence-corrected chi connectivity index (χ1v) is 6.60. The maximum Gasteiger partial charge on any atom is 0.138 e. The molecule has 0 aliphatic rings. The number of benzene rings is 2. The molecule has 0 spiro atoms. The van der Waals surface area contributed by atoms with E-state index in [0.717, 1.165) is 10.2 Å². The van der Waals surface area contributed by atoms with Crippen molar-refractivity contribution in [3.8, 4) is 17.6 Å². The molecule has 0 saturated heterocycles. The molecule has 2 rings (SSSR count). The van der Waals surface area contributed by atoms with Crippen LogP contribution in [0.15, 0.2) is 53.0 Å². The summed E-state index contributed by atoms with van der Waals surface area (Å²) in [5.41, 5.74) is 0.502. The first-order valence-electron chi connectivity index (χ1n) is 5.80. The van der Waals surface area contributed by atoms with Crippen molar-refractivity contribution in [2.45, 2.75) is 0 Å². The Morgan fingerprint density at radius 3 is 2.42 bits per heavy atom. The van der Waals surface area contributed by atoms with Crippen LogP contribution >= 0.6 is 15.9 Å². The topological polar surface area (TPSA) is 42.2 Å². The quantitative estimate of drug-likeness (QED) is 0.788. The summed E-state index contributed by atoms with van der Waals surface area (Å²) < 4.78 is 11.8. The molecule has 3 nitrogen and oxygen atoms in total. The zero-order valence-corrected chi connectivity index (χ0v) is 11.8. The van der Waals surface area contributed by atoms with E-state index in [-0.39, 0.29) is 0 Å². The molecule has 0 N–H and O–H groups in total. The SMILES string of the molecule is N#Cc1c(Br)cccc1OCCOc1ccccc1.